The summed E-state index contributed by atoms with van der Waals surface area (Å²) in [5.41, 5.74) is 2.56. The molecule has 0 amide bonds. The van der Waals surface area contributed by atoms with Crippen molar-refractivity contribution in [1.29, 1.82) is 0 Å². The van der Waals surface area contributed by atoms with Crippen LogP contribution in [0.5, 0.6) is 11.5 Å². The zero-order valence-electron chi connectivity index (χ0n) is 9.46. The van der Waals surface area contributed by atoms with Crippen LogP contribution in [0.15, 0.2) is 12.1 Å². The third-order valence-electron chi connectivity index (χ3n) is 2.97. The van der Waals surface area contributed by atoms with E-state index in [1.54, 1.807) is 14.2 Å². The number of methoxy groups -OCH3 is 2. The van der Waals surface area contributed by atoms with Crippen LogP contribution in [0, 0.1) is 6.92 Å². The van der Waals surface area contributed by atoms with Crippen LogP contribution in [-0.2, 0) is 0 Å². The maximum Gasteiger partial charge on any atom is 0.126 e. The molecular formula is C12H17NO2. The molecule has 0 saturated carbocycles. The van der Waals surface area contributed by atoms with Gasteiger partial charge < -0.3 is 14.8 Å². The molecule has 1 aliphatic heterocycles. The molecule has 0 radical (unpaired) electrons. The first-order chi connectivity index (χ1) is 7.26. The van der Waals surface area contributed by atoms with Crippen molar-refractivity contribution in [3.05, 3.63) is 23.3 Å². The van der Waals surface area contributed by atoms with Crippen molar-refractivity contribution in [3.8, 4) is 11.5 Å². The van der Waals surface area contributed by atoms with Gasteiger partial charge in [0.05, 0.1) is 14.2 Å². The molecule has 15 heavy (non-hydrogen) atoms. The van der Waals surface area contributed by atoms with E-state index in [0.29, 0.717) is 5.92 Å². The Morgan fingerprint density at radius 1 is 1.20 bits per heavy atom. The van der Waals surface area contributed by atoms with E-state index in [-0.39, 0.29) is 0 Å². The van der Waals surface area contributed by atoms with Gasteiger partial charge in [0.2, 0.25) is 0 Å². The van der Waals surface area contributed by atoms with Crippen LogP contribution in [0.25, 0.3) is 0 Å². The van der Waals surface area contributed by atoms with Crippen LogP contribution in [0.1, 0.15) is 17.0 Å². The lowest BCUT2D eigenvalue weighted by atomic mass is 9.89. The average molecular weight is 207 g/mol. The van der Waals surface area contributed by atoms with Crippen LogP contribution >= 0.6 is 0 Å². The summed E-state index contributed by atoms with van der Waals surface area (Å²) < 4.78 is 10.6. The molecule has 0 spiro atoms. The molecule has 3 heteroatoms. The molecule has 1 fully saturated rings. The first-order valence-electron chi connectivity index (χ1n) is 5.19. The van der Waals surface area contributed by atoms with E-state index in [1.165, 1.54) is 11.1 Å². The first-order valence-corrected chi connectivity index (χ1v) is 5.19. The van der Waals surface area contributed by atoms with E-state index < -0.39 is 0 Å². The van der Waals surface area contributed by atoms with E-state index in [1.807, 2.05) is 6.07 Å². The molecule has 1 aromatic rings. The van der Waals surface area contributed by atoms with E-state index in [2.05, 4.69) is 18.3 Å². The molecule has 0 aromatic heterocycles. The molecule has 1 aromatic carbocycles. The Balaban J connectivity index is 2.41. The van der Waals surface area contributed by atoms with Crippen LogP contribution < -0.4 is 14.8 Å². The number of nitrogens with one attached hydrogen (secondary N) is 1. The van der Waals surface area contributed by atoms with Crippen LogP contribution in [0.3, 0.4) is 0 Å². The van der Waals surface area contributed by atoms with E-state index >= 15 is 0 Å². The lowest BCUT2D eigenvalue weighted by Gasteiger charge is -2.30. The third-order valence-corrected chi connectivity index (χ3v) is 2.97. The number of hydrogen-bond donors (Lipinski definition) is 1. The standard InChI is InChI=1S/C12H17NO2/c1-8-4-10(14-2)5-11(15-3)12(8)9-6-13-7-9/h4-5,9,13H,6-7H2,1-3H3. The van der Waals surface area contributed by atoms with Crippen LogP contribution in [0.4, 0.5) is 0 Å². The Labute approximate surface area is 90.4 Å². The van der Waals surface area contributed by atoms with Crippen molar-refractivity contribution >= 4 is 0 Å². The molecular weight excluding hydrogens is 190 g/mol. The minimum Gasteiger partial charge on any atom is -0.497 e. The van der Waals surface area contributed by atoms with Gasteiger partial charge in [0, 0.05) is 30.6 Å². The number of benzene rings is 1. The van der Waals surface area contributed by atoms with Gasteiger partial charge in [0.1, 0.15) is 11.5 Å². The predicted molar refractivity (Wildman–Crippen MR) is 59.9 cm³/mol. The van der Waals surface area contributed by atoms with E-state index in [9.17, 15) is 0 Å². The summed E-state index contributed by atoms with van der Waals surface area (Å²) in [5.74, 6) is 2.39. The predicted octanol–water partition coefficient (Wildman–Crippen LogP) is 1.70. The molecule has 1 aliphatic rings. The maximum absolute atomic E-state index is 5.42. The fourth-order valence-electron chi connectivity index (χ4n) is 2.04. The minimum absolute atomic E-state index is 0.589. The number of hydrogen-bond acceptors (Lipinski definition) is 3. The van der Waals surface area contributed by atoms with Crippen molar-refractivity contribution in [3.63, 3.8) is 0 Å². The van der Waals surface area contributed by atoms with Crippen molar-refractivity contribution in [2.75, 3.05) is 27.3 Å². The topological polar surface area (TPSA) is 30.5 Å². The molecule has 1 N–H and O–H groups in total. The van der Waals surface area contributed by atoms with Crippen LogP contribution in [-0.4, -0.2) is 27.3 Å². The molecule has 0 unspecified atom stereocenters. The Hall–Kier alpha value is -1.22. The summed E-state index contributed by atoms with van der Waals surface area (Å²) in [7, 11) is 3.39. The lowest BCUT2D eigenvalue weighted by molar-refractivity contribution is 0.373. The Morgan fingerprint density at radius 3 is 2.40 bits per heavy atom. The van der Waals surface area contributed by atoms with Crippen molar-refractivity contribution in [2.24, 2.45) is 0 Å². The molecule has 82 valence electrons. The third kappa shape index (κ3) is 1.79. The first kappa shape index (κ1) is 10.3. The zero-order valence-corrected chi connectivity index (χ0v) is 9.46. The summed E-state index contributed by atoms with van der Waals surface area (Å²) >= 11 is 0. The number of rotatable bonds is 3. The second-order valence-electron chi connectivity index (χ2n) is 3.92. The Morgan fingerprint density at radius 2 is 1.93 bits per heavy atom. The zero-order chi connectivity index (χ0) is 10.8. The van der Waals surface area contributed by atoms with Gasteiger partial charge in [0.25, 0.3) is 0 Å². The van der Waals surface area contributed by atoms with Gasteiger partial charge in [0.15, 0.2) is 0 Å². The second kappa shape index (κ2) is 4.11. The summed E-state index contributed by atoms with van der Waals surface area (Å²) in [6, 6.07) is 4.02. The summed E-state index contributed by atoms with van der Waals surface area (Å²) in [6.07, 6.45) is 0. The van der Waals surface area contributed by atoms with Crippen molar-refractivity contribution < 1.29 is 9.47 Å². The monoisotopic (exact) mass is 207 g/mol. The Kier molecular flexibility index (Phi) is 2.82. The van der Waals surface area contributed by atoms with Gasteiger partial charge in [-0.1, -0.05) is 0 Å². The highest BCUT2D eigenvalue weighted by atomic mass is 16.5. The van der Waals surface area contributed by atoms with Gasteiger partial charge in [-0.2, -0.15) is 0 Å². The number of aryl methyl sites for hydroxylation is 1. The fraction of sp³-hybridized carbons (Fsp3) is 0.500. The van der Waals surface area contributed by atoms with Gasteiger partial charge in [-0.05, 0) is 18.6 Å². The Bertz CT molecular complexity index is 359. The van der Waals surface area contributed by atoms with Crippen molar-refractivity contribution in [2.45, 2.75) is 12.8 Å². The van der Waals surface area contributed by atoms with E-state index in [4.69, 9.17) is 9.47 Å². The van der Waals surface area contributed by atoms with E-state index in [0.717, 1.165) is 24.6 Å². The number of ether oxygens (including phenoxy) is 2. The summed E-state index contributed by atoms with van der Waals surface area (Å²) in [6.45, 7) is 4.20. The highest BCUT2D eigenvalue weighted by Crippen LogP contribution is 2.35. The normalized spacial score (nSPS) is 15.9. The molecule has 3 nitrogen and oxygen atoms in total. The lowest BCUT2D eigenvalue weighted by Crippen LogP contribution is -2.40. The summed E-state index contributed by atoms with van der Waals surface area (Å²) in [4.78, 5) is 0. The maximum atomic E-state index is 5.42. The molecule has 1 saturated heterocycles. The smallest absolute Gasteiger partial charge is 0.126 e. The van der Waals surface area contributed by atoms with Gasteiger partial charge in [-0.3, -0.25) is 0 Å². The second-order valence-corrected chi connectivity index (χ2v) is 3.92. The highest BCUT2D eigenvalue weighted by molar-refractivity contribution is 5.49. The molecule has 2 rings (SSSR count). The largest absolute Gasteiger partial charge is 0.497 e. The van der Waals surface area contributed by atoms with Gasteiger partial charge in [-0.25, -0.2) is 0 Å². The van der Waals surface area contributed by atoms with Gasteiger partial charge >= 0.3 is 0 Å². The molecule has 0 aliphatic carbocycles. The quantitative estimate of drug-likeness (QED) is 0.818. The molecule has 0 bridgehead atoms. The molecule has 0 atom stereocenters. The molecule has 1 heterocycles. The highest BCUT2D eigenvalue weighted by Gasteiger charge is 2.24. The van der Waals surface area contributed by atoms with Gasteiger partial charge in [-0.15, -0.1) is 0 Å². The SMILES string of the molecule is COc1cc(C)c(C2CNC2)c(OC)c1. The minimum atomic E-state index is 0.589. The van der Waals surface area contributed by atoms with Crippen molar-refractivity contribution in [1.82, 2.24) is 5.32 Å². The summed E-state index contributed by atoms with van der Waals surface area (Å²) in [5, 5.41) is 3.28. The fourth-order valence-corrected chi connectivity index (χ4v) is 2.04. The van der Waals surface area contributed by atoms with Crippen LogP contribution in [0.2, 0.25) is 0 Å². The average Bonchev–Trinajstić information content (AvgIpc) is 2.17.